The molecule has 2 N–H and O–H groups in total. The van der Waals surface area contributed by atoms with Crippen LogP contribution in [-0.4, -0.2) is 28.2 Å². The van der Waals surface area contributed by atoms with Crippen LogP contribution in [0, 0.1) is 11.8 Å². The molecular weight excluding hydrogens is 332 g/mol. The van der Waals surface area contributed by atoms with E-state index in [1.165, 1.54) is 0 Å². The second kappa shape index (κ2) is 6.72. The third-order valence-corrected chi connectivity index (χ3v) is 5.90. The number of allylic oxidation sites excluding steroid dienone is 2. The third kappa shape index (κ3) is 3.40. The molecule has 1 aliphatic carbocycles. The number of amides is 1. The van der Waals surface area contributed by atoms with Crippen LogP contribution in [0.1, 0.15) is 12.8 Å². The van der Waals surface area contributed by atoms with Crippen LogP contribution in [0.5, 0.6) is 0 Å². The van der Waals surface area contributed by atoms with Crippen LogP contribution in [0.25, 0.3) is 10.2 Å². The Balaban J connectivity index is 1.79. The van der Waals surface area contributed by atoms with Gasteiger partial charge < -0.3 is 10.4 Å². The van der Waals surface area contributed by atoms with Crippen molar-refractivity contribution in [1.82, 2.24) is 4.98 Å². The van der Waals surface area contributed by atoms with E-state index in [1.54, 1.807) is 29.2 Å². The molecule has 23 heavy (non-hydrogen) atoms. The number of hydrogen-bond donors (Lipinski definition) is 2. The number of carbonyl (C=O) groups is 2. The first kappa shape index (κ1) is 16.0. The molecule has 5 nitrogen and oxygen atoms in total. The maximum Gasteiger partial charge on any atom is 0.307 e. The first-order valence-corrected chi connectivity index (χ1v) is 9.26. The fourth-order valence-corrected chi connectivity index (χ4v) is 4.21. The summed E-state index contributed by atoms with van der Waals surface area (Å²) in [5, 5.41) is 12.1. The van der Waals surface area contributed by atoms with Gasteiger partial charge in [0, 0.05) is 5.69 Å². The van der Waals surface area contributed by atoms with Gasteiger partial charge in [-0.3, -0.25) is 9.59 Å². The average Bonchev–Trinajstić information content (AvgIpc) is 2.97. The monoisotopic (exact) mass is 348 g/mol. The lowest BCUT2D eigenvalue weighted by molar-refractivity contribution is -0.146. The summed E-state index contributed by atoms with van der Waals surface area (Å²) in [4.78, 5) is 28.2. The molecule has 7 heteroatoms. The first-order valence-electron chi connectivity index (χ1n) is 7.21. The van der Waals surface area contributed by atoms with Crippen molar-refractivity contribution < 1.29 is 14.7 Å². The van der Waals surface area contributed by atoms with Crippen molar-refractivity contribution in [3.63, 3.8) is 0 Å². The van der Waals surface area contributed by atoms with Gasteiger partial charge in [-0.1, -0.05) is 23.9 Å². The summed E-state index contributed by atoms with van der Waals surface area (Å²) in [6.07, 6.45) is 6.54. The molecule has 1 aromatic heterocycles. The molecule has 0 saturated carbocycles. The molecule has 120 valence electrons. The summed E-state index contributed by atoms with van der Waals surface area (Å²) < 4.78 is 1.98. The van der Waals surface area contributed by atoms with Crippen molar-refractivity contribution in [3.05, 3.63) is 30.4 Å². The Morgan fingerprint density at radius 3 is 2.74 bits per heavy atom. The zero-order chi connectivity index (χ0) is 16.4. The van der Waals surface area contributed by atoms with Crippen LogP contribution in [0.4, 0.5) is 5.69 Å². The van der Waals surface area contributed by atoms with Crippen molar-refractivity contribution >= 4 is 50.9 Å². The van der Waals surface area contributed by atoms with Gasteiger partial charge in [0.15, 0.2) is 4.34 Å². The minimum absolute atomic E-state index is 0.240. The zero-order valence-electron chi connectivity index (χ0n) is 12.5. The third-order valence-electron chi connectivity index (χ3n) is 3.90. The number of aliphatic carboxylic acids is 1. The molecule has 0 saturated heterocycles. The molecule has 0 radical (unpaired) electrons. The number of aromatic nitrogens is 1. The minimum Gasteiger partial charge on any atom is -0.481 e. The van der Waals surface area contributed by atoms with Gasteiger partial charge in [0.2, 0.25) is 5.91 Å². The maximum atomic E-state index is 12.5. The fourth-order valence-electron chi connectivity index (χ4n) is 2.68. The number of rotatable bonds is 4. The number of anilines is 1. The Kier molecular flexibility index (Phi) is 4.68. The van der Waals surface area contributed by atoms with Gasteiger partial charge in [0.1, 0.15) is 0 Å². The SMILES string of the molecule is CSc1nc2ccc(NC(=O)[C@@H]3CC=CC[C@H]3C(=O)O)cc2s1. The summed E-state index contributed by atoms with van der Waals surface area (Å²) in [6, 6.07) is 5.56. The number of carbonyl (C=O) groups excluding carboxylic acids is 1. The van der Waals surface area contributed by atoms with Gasteiger partial charge >= 0.3 is 5.97 Å². The first-order chi connectivity index (χ1) is 11.1. The van der Waals surface area contributed by atoms with Gasteiger partial charge in [0.25, 0.3) is 0 Å². The normalized spacial score (nSPS) is 20.6. The van der Waals surface area contributed by atoms with E-state index in [0.29, 0.717) is 18.5 Å². The highest BCUT2D eigenvalue weighted by atomic mass is 32.2. The molecule has 1 heterocycles. The van der Waals surface area contributed by atoms with Crippen molar-refractivity contribution in [1.29, 1.82) is 0 Å². The number of nitrogens with zero attached hydrogens (tertiary/aromatic N) is 1. The van der Waals surface area contributed by atoms with Crippen molar-refractivity contribution in [2.75, 3.05) is 11.6 Å². The molecule has 3 rings (SSSR count). The Hall–Kier alpha value is -1.86. The molecule has 1 amide bonds. The summed E-state index contributed by atoms with van der Waals surface area (Å²) in [5.74, 6) is -2.35. The van der Waals surface area contributed by atoms with Gasteiger partial charge in [-0.15, -0.1) is 11.3 Å². The quantitative estimate of drug-likeness (QED) is 0.651. The minimum atomic E-state index is -0.919. The molecule has 1 aromatic carbocycles. The van der Waals surface area contributed by atoms with Crippen LogP contribution in [0.3, 0.4) is 0 Å². The van der Waals surface area contributed by atoms with E-state index in [9.17, 15) is 14.7 Å². The van der Waals surface area contributed by atoms with E-state index in [0.717, 1.165) is 14.6 Å². The molecule has 0 bridgehead atoms. The standard InChI is InChI=1S/C16H16N2O3S2/c1-22-16-18-12-7-6-9(8-13(12)23-16)17-14(19)10-4-2-3-5-11(10)15(20)21/h2-3,6-8,10-11H,4-5H2,1H3,(H,17,19)(H,20,21)/t10-,11-/m1/s1. The van der Waals surface area contributed by atoms with Gasteiger partial charge in [-0.25, -0.2) is 4.98 Å². The average molecular weight is 348 g/mol. The Labute approximate surface area is 141 Å². The molecule has 2 atom stereocenters. The van der Waals surface area contributed by atoms with Gasteiger partial charge in [-0.2, -0.15) is 0 Å². The molecule has 0 aliphatic heterocycles. The largest absolute Gasteiger partial charge is 0.481 e. The number of fused-ring (bicyclic) bond motifs is 1. The van der Waals surface area contributed by atoms with E-state index in [1.807, 2.05) is 30.5 Å². The van der Waals surface area contributed by atoms with Crippen molar-refractivity contribution in [3.8, 4) is 0 Å². The highest BCUT2D eigenvalue weighted by Crippen LogP contribution is 2.31. The van der Waals surface area contributed by atoms with Crippen LogP contribution in [0.15, 0.2) is 34.7 Å². The van der Waals surface area contributed by atoms with Crippen molar-refractivity contribution in [2.45, 2.75) is 17.2 Å². The van der Waals surface area contributed by atoms with E-state index in [-0.39, 0.29) is 5.91 Å². The molecule has 0 spiro atoms. The Bertz CT molecular complexity index is 785. The molecule has 2 aromatic rings. The highest BCUT2D eigenvalue weighted by molar-refractivity contribution is 8.00. The lowest BCUT2D eigenvalue weighted by atomic mass is 9.82. The summed E-state index contributed by atoms with van der Waals surface area (Å²) in [6.45, 7) is 0. The molecular formula is C16H16N2O3S2. The maximum absolute atomic E-state index is 12.5. The smallest absolute Gasteiger partial charge is 0.307 e. The summed E-state index contributed by atoms with van der Waals surface area (Å²) >= 11 is 3.16. The number of carboxylic acids is 1. The van der Waals surface area contributed by atoms with E-state index in [4.69, 9.17) is 0 Å². The second-order valence-electron chi connectivity index (χ2n) is 5.35. The lowest BCUT2D eigenvalue weighted by Crippen LogP contribution is -2.34. The topological polar surface area (TPSA) is 79.3 Å². The van der Waals surface area contributed by atoms with Crippen LogP contribution in [-0.2, 0) is 9.59 Å². The lowest BCUT2D eigenvalue weighted by Gasteiger charge is -2.24. The molecule has 1 aliphatic rings. The molecule has 0 unspecified atom stereocenters. The Morgan fingerprint density at radius 2 is 2.04 bits per heavy atom. The number of nitrogens with one attached hydrogen (secondary N) is 1. The van der Waals surface area contributed by atoms with Crippen LogP contribution >= 0.6 is 23.1 Å². The number of benzene rings is 1. The number of thioether (sulfide) groups is 1. The van der Waals surface area contributed by atoms with Gasteiger partial charge in [-0.05, 0) is 37.3 Å². The number of thiazole rings is 1. The number of hydrogen-bond acceptors (Lipinski definition) is 5. The van der Waals surface area contributed by atoms with Crippen LogP contribution in [0.2, 0.25) is 0 Å². The summed E-state index contributed by atoms with van der Waals surface area (Å²) in [7, 11) is 0. The van der Waals surface area contributed by atoms with E-state index < -0.39 is 17.8 Å². The Morgan fingerprint density at radius 1 is 1.30 bits per heavy atom. The molecule has 0 fully saturated rings. The summed E-state index contributed by atoms with van der Waals surface area (Å²) in [5.41, 5.74) is 1.58. The zero-order valence-corrected chi connectivity index (χ0v) is 14.1. The van der Waals surface area contributed by atoms with Crippen molar-refractivity contribution in [2.24, 2.45) is 11.8 Å². The predicted octanol–water partition coefficient (Wildman–Crippen LogP) is 3.62. The van der Waals surface area contributed by atoms with Crippen LogP contribution < -0.4 is 5.32 Å². The highest BCUT2D eigenvalue weighted by Gasteiger charge is 2.33. The predicted molar refractivity (Wildman–Crippen MR) is 93.0 cm³/mol. The number of carboxylic acid groups (broad SMARTS) is 1. The van der Waals surface area contributed by atoms with E-state index in [2.05, 4.69) is 10.3 Å². The van der Waals surface area contributed by atoms with E-state index >= 15 is 0 Å². The fraction of sp³-hybridized carbons (Fsp3) is 0.312. The second-order valence-corrected chi connectivity index (χ2v) is 7.43. The van der Waals surface area contributed by atoms with Gasteiger partial charge in [0.05, 0.1) is 22.1 Å².